The summed E-state index contributed by atoms with van der Waals surface area (Å²) in [5.41, 5.74) is 2.05. The standard InChI is InChI=1S/C17H16N4O/c18-10-16(13-20-11-15-6-8-19-9-7-15)17(22)21-12-14-4-2-1-3-5-14/h1-9,13,20H,11-12H2,(H,21,22)/b16-13-. The second kappa shape index (κ2) is 8.22. The van der Waals surface area contributed by atoms with Crippen LogP contribution in [0.15, 0.2) is 66.6 Å². The molecule has 5 heteroatoms. The van der Waals surface area contributed by atoms with Gasteiger partial charge in [0.2, 0.25) is 0 Å². The predicted molar refractivity (Wildman–Crippen MR) is 83.1 cm³/mol. The van der Waals surface area contributed by atoms with Crippen LogP contribution in [0.5, 0.6) is 0 Å². The zero-order valence-electron chi connectivity index (χ0n) is 12.0. The highest BCUT2D eigenvalue weighted by Gasteiger charge is 2.07. The predicted octanol–water partition coefficient (Wildman–Crippen LogP) is 1.90. The molecule has 2 rings (SSSR count). The zero-order chi connectivity index (χ0) is 15.6. The first-order valence-corrected chi connectivity index (χ1v) is 6.84. The van der Waals surface area contributed by atoms with Crippen LogP contribution in [0.2, 0.25) is 0 Å². The van der Waals surface area contributed by atoms with Crippen molar-refractivity contribution >= 4 is 5.91 Å². The lowest BCUT2D eigenvalue weighted by Crippen LogP contribution is -2.25. The molecule has 0 aliphatic rings. The molecule has 0 saturated carbocycles. The van der Waals surface area contributed by atoms with Gasteiger partial charge in [-0.15, -0.1) is 0 Å². The van der Waals surface area contributed by atoms with Crippen molar-refractivity contribution in [2.75, 3.05) is 0 Å². The van der Waals surface area contributed by atoms with E-state index in [4.69, 9.17) is 5.26 Å². The third-order valence-corrected chi connectivity index (χ3v) is 2.96. The van der Waals surface area contributed by atoms with Gasteiger partial charge in [0.15, 0.2) is 0 Å². The number of carbonyl (C=O) groups is 1. The van der Waals surface area contributed by atoms with E-state index in [9.17, 15) is 4.79 Å². The van der Waals surface area contributed by atoms with E-state index in [0.717, 1.165) is 11.1 Å². The Bertz CT molecular complexity index is 675. The molecule has 0 spiro atoms. The lowest BCUT2D eigenvalue weighted by Gasteiger charge is -2.05. The normalized spacial score (nSPS) is 10.6. The van der Waals surface area contributed by atoms with E-state index in [1.807, 2.05) is 48.5 Å². The van der Waals surface area contributed by atoms with Gasteiger partial charge in [0, 0.05) is 31.7 Å². The zero-order valence-corrected chi connectivity index (χ0v) is 12.0. The molecule has 1 amide bonds. The third-order valence-electron chi connectivity index (χ3n) is 2.96. The fourth-order valence-corrected chi connectivity index (χ4v) is 1.79. The number of nitrogens with one attached hydrogen (secondary N) is 2. The number of hydrogen-bond donors (Lipinski definition) is 2. The Morgan fingerprint density at radius 2 is 1.77 bits per heavy atom. The number of pyridine rings is 1. The first kappa shape index (κ1) is 15.3. The molecule has 0 saturated heterocycles. The van der Waals surface area contributed by atoms with Crippen LogP contribution < -0.4 is 10.6 Å². The molecule has 0 aliphatic carbocycles. The lowest BCUT2D eigenvalue weighted by atomic mass is 10.2. The van der Waals surface area contributed by atoms with E-state index in [-0.39, 0.29) is 5.57 Å². The van der Waals surface area contributed by atoms with E-state index in [1.165, 1.54) is 6.20 Å². The number of amides is 1. The van der Waals surface area contributed by atoms with Crippen LogP contribution >= 0.6 is 0 Å². The first-order chi connectivity index (χ1) is 10.8. The Balaban J connectivity index is 1.86. The van der Waals surface area contributed by atoms with E-state index in [1.54, 1.807) is 12.4 Å². The Labute approximate surface area is 129 Å². The van der Waals surface area contributed by atoms with Crippen LogP contribution in [-0.4, -0.2) is 10.9 Å². The summed E-state index contributed by atoms with van der Waals surface area (Å²) in [6.45, 7) is 0.919. The number of rotatable bonds is 6. The molecule has 0 fully saturated rings. The molecular weight excluding hydrogens is 276 g/mol. The van der Waals surface area contributed by atoms with Crippen molar-refractivity contribution in [3.63, 3.8) is 0 Å². The number of hydrogen-bond acceptors (Lipinski definition) is 4. The Morgan fingerprint density at radius 1 is 1.09 bits per heavy atom. The van der Waals surface area contributed by atoms with Crippen molar-refractivity contribution in [1.82, 2.24) is 15.6 Å². The molecule has 0 bridgehead atoms. The van der Waals surface area contributed by atoms with Crippen molar-refractivity contribution in [3.05, 3.63) is 77.8 Å². The minimum absolute atomic E-state index is 0.0463. The van der Waals surface area contributed by atoms with Crippen LogP contribution in [-0.2, 0) is 17.9 Å². The average Bonchev–Trinajstić information content (AvgIpc) is 2.58. The van der Waals surface area contributed by atoms with E-state index >= 15 is 0 Å². The van der Waals surface area contributed by atoms with Crippen LogP contribution in [0.3, 0.4) is 0 Å². The van der Waals surface area contributed by atoms with Crippen LogP contribution in [0.4, 0.5) is 0 Å². The number of benzene rings is 1. The summed E-state index contributed by atoms with van der Waals surface area (Å²) < 4.78 is 0. The summed E-state index contributed by atoms with van der Waals surface area (Å²) in [5.74, 6) is -0.395. The topological polar surface area (TPSA) is 77.8 Å². The van der Waals surface area contributed by atoms with Crippen LogP contribution in [0, 0.1) is 11.3 Å². The molecule has 0 aliphatic heterocycles. The maximum atomic E-state index is 11.9. The summed E-state index contributed by atoms with van der Waals surface area (Å²) >= 11 is 0. The second-order valence-electron chi connectivity index (χ2n) is 4.57. The minimum atomic E-state index is -0.395. The number of nitrogens with zero attached hydrogens (tertiary/aromatic N) is 2. The smallest absolute Gasteiger partial charge is 0.263 e. The molecule has 22 heavy (non-hydrogen) atoms. The molecule has 1 aromatic carbocycles. The molecule has 2 aromatic rings. The molecule has 1 heterocycles. The Morgan fingerprint density at radius 3 is 2.45 bits per heavy atom. The van der Waals surface area contributed by atoms with Gasteiger partial charge in [0.1, 0.15) is 11.6 Å². The SMILES string of the molecule is N#C/C(=C/NCc1ccncc1)C(=O)NCc1ccccc1. The molecular formula is C17H16N4O. The van der Waals surface area contributed by atoms with E-state index in [2.05, 4.69) is 15.6 Å². The fourth-order valence-electron chi connectivity index (χ4n) is 1.79. The maximum absolute atomic E-state index is 11.9. The summed E-state index contributed by atoms with van der Waals surface area (Å²) in [4.78, 5) is 15.9. The van der Waals surface area contributed by atoms with Crippen molar-refractivity contribution in [2.24, 2.45) is 0 Å². The fraction of sp³-hybridized carbons (Fsp3) is 0.118. The van der Waals surface area contributed by atoms with Gasteiger partial charge < -0.3 is 10.6 Å². The van der Waals surface area contributed by atoms with E-state index in [0.29, 0.717) is 13.1 Å². The molecule has 5 nitrogen and oxygen atoms in total. The molecule has 0 unspecified atom stereocenters. The summed E-state index contributed by atoms with van der Waals surface area (Å²) in [6, 6.07) is 15.2. The van der Waals surface area contributed by atoms with E-state index < -0.39 is 5.91 Å². The van der Waals surface area contributed by atoms with Crippen molar-refractivity contribution in [3.8, 4) is 6.07 Å². The molecule has 110 valence electrons. The van der Waals surface area contributed by atoms with Crippen molar-refractivity contribution < 1.29 is 4.79 Å². The van der Waals surface area contributed by atoms with Gasteiger partial charge >= 0.3 is 0 Å². The van der Waals surface area contributed by atoms with Crippen molar-refractivity contribution in [2.45, 2.75) is 13.1 Å². The summed E-state index contributed by atoms with van der Waals surface area (Å²) in [5, 5.41) is 14.7. The third kappa shape index (κ3) is 4.76. The van der Waals surface area contributed by atoms with Gasteiger partial charge in [-0.25, -0.2) is 0 Å². The highest BCUT2D eigenvalue weighted by molar-refractivity contribution is 5.97. The number of carbonyl (C=O) groups excluding carboxylic acids is 1. The van der Waals surface area contributed by atoms with Gasteiger partial charge in [0.05, 0.1) is 0 Å². The Hall–Kier alpha value is -3.13. The summed E-state index contributed by atoms with van der Waals surface area (Å²) in [6.07, 6.45) is 4.82. The number of aromatic nitrogens is 1. The van der Waals surface area contributed by atoms with Gasteiger partial charge in [-0.3, -0.25) is 9.78 Å². The molecule has 2 N–H and O–H groups in total. The quantitative estimate of drug-likeness (QED) is 0.629. The average molecular weight is 292 g/mol. The largest absolute Gasteiger partial charge is 0.386 e. The lowest BCUT2D eigenvalue weighted by molar-refractivity contribution is -0.117. The molecule has 0 atom stereocenters. The monoisotopic (exact) mass is 292 g/mol. The minimum Gasteiger partial charge on any atom is -0.386 e. The maximum Gasteiger partial charge on any atom is 0.263 e. The number of nitriles is 1. The Kier molecular flexibility index (Phi) is 5.70. The van der Waals surface area contributed by atoms with Gasteiger partial charge in [-0.1, -0.05) is 30.3 Å². The van der Waals surface area contributed by atoms with Gasteiger partial charge in [0.25, 0.3) is 5.91 Å². The molecule has 0 radical (unpaired) electrons. The second-order valence-corrected chi connectivity index (χ2v) is 4.57. The van der Waals surface area contributed by atoms with Gasteiger partial charge in [-0.2, -0.15) is 5.26 Å². The first-order valence-electron chi connectivity index (χ1n) is 6.84. The van der Waals surface area contributed by atoms with Crippen LogP contribution in [0.1, 0.15) is 11.1 Å². The van der Waals surface area contributed by atoms with Crippen molar-refractivity contribution in [1.29, 1.82) is 5.26 Å². The highest BCUT2D eigenvalue weighted by Crippen LogP contribution is 2.00. The van der Waals surface area contributed by atoms with Crippen LogP contribution in [0.25, 0.3) is 0 Å². The molecule has 1 aromatic heterocycles. The highest BCUT2D eigenvalue weighted by atomic mass is 16.1. The van der Waals surface area contributed by atoms with Gasteiger partial charge in [-0.05, 0) is 23.3 Å². The summed E-state index contributed by atoms with van der Waals surface area (Å²) in [7, 11) is 0.